The summed E-state index contributed by atoms with van der Waals surface area (Å²) in [4.78, 5) is 10.8. The van der Waals surface area contributed by atoms with E-state index in [-0.39, 0.29) is 0 Å². The number of pyridine rings is 1. The number of anilines is 1. The lowest BCUT2D eigenvalue weighted by Crippen LogP contribution is -2.21. The molecule has 0 unspecified atom stereocenters. The van der Waals surface area contributed by atoms with Crippen LogP contribution in [0.5, 0.6) is 0 Å². The molecule has 0 saturated heterocycles. The van der Waals surface area contributed by atoms with Crippen LogP contribution in [0.2, 0.25) is 0 Å². The Kier molecular flexibility index (Phi) is 5.10. The predicted molar refractivity (Wildman–Crippen MR) is 111 cm³/mol. The Labute approximate surface area is 163 Å². The molecule has 0 aliphatic heterocycles. The lowest BCUT2D eigenvalue weighted by Gasteiger charge is -2.20. The molecule has 0 spiro atoms. The molecule has 4 rings (SSSR count). The zero-order valence-electron chi connectivity index (χ0n) is 15.9. The third-order valence-corrected chi connectivity index (χ3v) is 4.54. The number of fused-ring (bicyclic) bond motifs is 1. The number of azo groups is 1. The van der Waals surface area contributed by atoms with Crippen molar-refractivity contribution in [2.75, 3.05) is 18.0 Å². The summed E-state index contributed by atoms with van der Waals surface area (Å²) in [5, 5.41) is 8.71. The fraction of sp³-hybridized carbons (Fsp3) is 0.182. The number of hydrogen-bond donors (Lipinski definition) is 0. The van der Waals surface area contributed by atoms with Crippen molar-refractivity contribution in [3.05, 3.63) is 67.0 Å². The molecule has 2 heterocycles. The molecule has 0 amide bonds. The lowest BCUT2D eigenvalue weighted by atomic mass is 10.2. The molecule has 0 fully saturated rings. The van der Waals surface area contributed by atoms with Crippen LogP contribution in [0.3, 0.4) is 0 Å². The van der Waals surface area contributed by atoms with Gasteiger partial charge in [-0.2, -0.15) is 10.2 Å². The normalized spacial score (nSPS) is 11.4. The lowest BCUT2D eigenvalue weighted by molar-refractivity contribution is 0.619. The van der Waals surface area contributed by atoms with E-state index in [4.69, 9.17) is 4.42 Å². The fourth-order valence-electron chi connectivity index (χ4n) is 3.04. The number of benzene rings is 2. The van der Waals surface area contributed by atoms with Gasteiger partial charge in [-0.15, -0.1) is 0 Å². The van der Waals surface area contributed by atoms with Crippen LogP contribution in [0.1, 0.15) is 13.8 Å². The first kappa shape index (κ1) is 17.9. The topological polar surface area (TPSA) is 66.9 Å². The van der Waals surface area contributed by atoms with Crippen LogP contribution in [-0.4, -0.2) is 23.1 Å². The van der Waals surface area contributed by atoms with Crippen LogP contribution < -0.4 is 4.90 Å². The molecule has 2 aromatic heterocycles. The summed E-state index contributed by atoms with van der Waals surface area (Å²) in [6, 6.07) is 17.6. The minimum absolute atomic E-state index is 0.545. The summed E-state index contributed by atoms with van der Waals surface area (Å²) in [5.41, 5.74) is 5.05. The van der Waals surface area contributed by atoms with Gasteiger partial charge in [-0.05, 0) is 56.3 Å². The van der Waals surface area contributed by atoms with E-state index in [0.29, 0.717) is 11.5 Å². The molecule has 28 heavy (non-hydrogen) atoms. The first-order chi connectivity index (χ1) is 13.8. The van der Waals surface area contributed by atoms with E-state index < -0.39 is 0 Å². The molecule has 6 nitrogen and oxygen atoms in total. The Morgan fingerprint density at radius 2 is 1.71 bits per heavy atom. The van der Waals surface area contributed by atoms with Crippen LogP contribution in [-0.2, 0) is 0 Å². The van der Waals surface area contributed by atoms with Crippen molar-refractivity contribution in [3.8, 4) is 11.5 Å². The van der Waals surface area contributed by atoms with Crippen molar-refractivity contribution in [2.45, 2.75) is 13.8 Å². The predicted octanol–water partition coefficient (Wildman–Crippen LogP) is 6.15. The highest BCUT2D eigenvalue weighted by Crippen LogP contribution is 2.28. The Morgan fingerprint density at radius 1 is 0.929 bits per heavy atom. The van der Waals surface area contributed by atoms with Gasteiger partial charge in [0, 0.05) is 36.6 Å². The maximum Gasteiger partial charge on any atom is 0.227 e. The standard InChI is InChI=1S/C22H21N5O/c1-3-27(4-2)19-10-8-17(9-11-19)25-26-18-7-5-6-16(14-18)22-24-20-15-23-13-12-21(20)28-22/h5-15H,3-4H2,1-2H3. The van der Waals surface area contributed by atoms with Gasteiger partial charge in [0.2, 0.25) is 5.89 Å². The average Bonchev–Trinajstić information content (AvgIpc) is 3.19. The molecular formula is C22H21N5O. The number of oxazole rings is 1. The van der Waals surface area contributed by atoms with Gasteiger partial charge in [-0.25, -0.2) is 4.98 Å². The summed E-state index contributed by atoms with van der Waals surface area (Å²) in [7, 11) is 0. The minimum atomic E-state index is 0.545. The van der Waals surface area contributed by atoms with E-state index in [2.05, 4.69) is 51.1 Å². The third kappa shape index (κ3) is 3.76. The Hall–Kier alpha value is -3.54. The molecule has 0 N–H and O–H groups in total. The van der Waals surface area contributed by atoms with Crippen LogP contribution in [0.15, 0.2) is 81.6 Å². The minimum Gasteiger partial charge on any atom is -0.436 e. The highest BCUT2D eigenvalue weighted by atomic mass is 16.3. The summed E-state index contributed by atoms with van der Waals surface area (Å²) in [6.45, 7) is 6.26. The van der Waals surface area contributed by atoms with Gasteiger partial charge in [0.25, 0.3) is 0 Å². The fourth-order valence-corrected chi connectivity index (χ4v) is 3.04. The van der Waals surface area contributed by atoms with Crippen molar-refractivity contribution in [3.63, 3.8) is 0 Å². The first-order valence-electron chi connectivity index (χ1n) is 9.34. The maximum absolute atomic E-state index is 5.80. The molecule has 0 bridgehead atoms. The summed E-state index contributed by atoms with van der Waals surface area (Å²) < 4.78 is 5.80. The van der Waals surface area contributed by atoms with Crippen molar-refractivity contribution in [2.24, 2.45) is 10.2 Å². The largest absolute Gasteiger partial charge is 0.436 e. The van der Waals surface area contributed by atoms with Gasteiger partial charge in [0.15, 0.2) is 5.58 Å². The molecule has 6 heteroatoms. The zero-order valence-corrected chi connectivity index (χ0v) is 15.9. The van der Waals surface area contributed by atoms with Gasteiger partial charge in [0.05, 0.1) is 17.6 Å². The number of rotatable bonds is 6. The van der Waals surface area contributed by atoms with Gasteiger partial charge in [-0.1, -0.05) is 6.07 Å². The zero-order chi connectivity index (χ0) is 19.3. The Bertz CT molecular complexity index is 1060. The molecule has 0 saturated carbocycles. The second-order valence-corrected chi connectivity index (χ2v) is 6.30. The maximum atomic E-state index is 5.80. The number of hydrogen-bond acceptors (Lipinski definition) is 6. The van der Waals surface area contributed by atoms with E-state index >= 15 is 0 Å². The molecule has 4 aromatic rings. The van der Waals surface area contributed by atoms with E-state index in [1.54, 1.807) is 18.5 Å². The third-order valence-electron chi connectivity index (χ3n) is 4.54. The Morgan fingerprint density at radius 3 is 2.46 bits per heavy atom. The second kappa shape index (κ2) is 8.00. The Balaban J connectivity index is 1.54. The summed E-state index contributed by atoms with van der Waals surface area (Å²) in [6.07, 6.45) is 3.38. The molecule has 0 radical (unpaired) electrons. The van der Waals surface area contributed by atoms with E-state index in [9.17, 15) is 0 Å². The molecule has 0 aliphatic carbocycles. The first-order valence-corrected chi connectivity index (χ1v) is 9.34. The molecule has 140 valence electrons. The SMILES string of the molecule is CCN(CC)c1ccc(N=Nc2cccc(-c3nc4cnccc4o3)c2)cc1. The number of aromatic nitrogens is 2. The van der Waals surface area contributed by atoms with Crippen LogP contribution >= 0.6 is 0 Å². The number of nitrogens with zero attached hydrogens (tertiary/aromatic N) is 5. The van der Waals surface area contributed by atoms with Crippen molar-refractivity contribution in [1.29, 1.82) is 0 Å². The average molecular weight is 371 g/mol. The van der Waals surface area contributed by atoms with E-state index in [1.807, 2.05) is 36.4 Å². The van der Waals surface area contributed by atoms with Crippen molar-refractivity contribution < 1.29 is 4.42 Å². The van der Waals surface area contributed by atoms with Crippen LogP contribution in [0.4, 0.5) is 17.1 Å². The van der Waals surface area contributed by atoms with Gasteiger partial charge in [0.1, 0.15) is 5.52 Å². The molecule has 2 aromatic carbocycles. The van der Waals surface area contributed by atoms with Crippen molar-refractivity contribution in [1.82, 2.24) is 9.97 Å². The van der Waals surface area contributed by atoms with Gasteiger partial charge < -0.3 is 9.32 Å². The molecule has 0 atom stereocenters. The van der Waals surface area contributed by atoms with Crippen LogP contribution in [0.25, 0.3) is 22.6 Å². The monoisotopic (exact) mass is 371 g/mol. The quantitative estimate of drug-likeness (QED) is 0.381. The molecular weight excluding hydrogens is 350 g/mol. The van der Waals surface area contributed by atoms with Crippen molar-refractivity contribution >= 4 is 28.2 Å². The smallest absolute Gasteiger partial charge is 0.227 e. The second-order valence-electron chi connectivity index (χ2n) is 6.30. The van der Waals surface area contributed by atoms with Crippen LogP contribution in [0, 0.1) is 0 Å². The highest BCUT2D eigenvalue weighted by molar-refractivity contribution is 5.75. The van der Waals surface area contributed by atoms with E-state index in [0.717, 1.165) is 35.5 Å². The van der Waals surface area contributed by atoms with Gasteiger partial charge in [-0.3, -0.25) is 4.98 Å². The summed E-state index contributed by atoms with van der Waals surface area (Å²) >= 11 is 0. The van der Waals surface area contributed by atoms with Gasteiger partial charge >= 0.3 is 0 Å². The summed E-state index contributed by atoms with van der Waals surface area (Å²) in [5.74, 6) is 0.545. The van der Waals surface area contributed by atoms with E-state index in [1.165, 1.54) is 5.69 Å². The highest BCUT2D eigenvalue weighted by Gasteiger charge is 2.08. The molecule has 0 aliphatic rings.